The number of methoxy groups -OCH3 is 1. The van der Waals surface area contributed by atoms with Gasteiger partial charge >= 0.3 is 0 Å². The van der Waals surface area contributed by atoms with Gasteiger partial charge in [-0.1, -0.05) is 47.5 Å². The number of aryl methyl sites for hydroxylation is 1. The second-order valence-corrected chi connectivity index (χ2v) is 12.7. The summed E-state index contributed by atoms with van der Waals surface area (Å²) in [5.74, 6) is 1.29. The molecule has 2 aliphatic rings. The second kappa shape index (κ2) is 13.1. The zero-order valence-corrected chi connectivity index (χ0v) is 25.9. The van der Waals surface area contributed by atoms with Crippen LogP contribution in [0.25, 0.3) is 10.9 Å². The Morgan fingerprint density at radius 3 is 2.40 bits per heavy atom. The third kappa shape index (κ3) is 6.62. The highest BCUT2D eigenvalue weighted by atomic mass is 35.5. The Morgan fingerprint density at radius 1 is 0.930 bits per heavy atom. The van der Waals surface area contributed by atoms with Gasteiger partial charge in [0.15, 0.2) is 5.78 Å². The molecule has 0 aliphatic carbocycles. The van der Waals surface area contributed by atoms with Crippen LogP contribution < -0.4 is 10.1 Å². The van der Waals surface area contributed by atoms with Gasteiger partial charge in [-0.05, 0) is 86.1 Å². The molecule has 1 amide bonds. The summed E-state index contributed by atoms with van der Waals surface area (Å²) in [6.45, 7) is 2.19. The Bertz CT molecular complexity index is 1600. The molecular formula is C35H37Cl2N3O3. The molecule has 43 heavy (non-hydrogen) atoms. The predicted octanol–water partition coefficient (Wildman–Crippen LogP) is 7.79. The number of fused-ring (bicyclic) bond motifs is 3. The van der Waals surface area contributed by atoms with E-state index in [0.717, 1.165) is 60.1 Å². The van der Waals surface area contributed by atoms with Crippen LogP contribution in [0.3, 0.4) is 0 Å². The van der Waals surface area contributed by atoms with Crippen molar-refractivity contribution < 1.29 is 14.3 Å². The molecule has 6 nitrogen and oxygen atoms in total. The van der Waals surface area contributed by atoms with Gasteiger partial charge < -0.3 is 14.6 Å². The molecule has 2 unspecified atom stereocenters. The number of nitrogens with zero attached hydrogens (tertiary/aromatic N) is 2. The molecule has 0 radical (unpaired) electrons. The van der Waals surface area contributed by atoms with Gasteiger partial charge in [0, 0.05) is 65.3 Å². The first-order valence-electron chi connectivity index (χ1n) is 15.1. The standard InChI is InChI=1S/C35H37Cl2N3O3/c1-43-33-8-3-7-30-31(35(42)38-21-23-5-2-6-27(37)17-23)22-39(34(30)33)15-4-16-40-28-13-14-29(40)19-24(18-28)20-32(41)25-9-11-26(36)12-10-25/h2-3,5-12,17,22,24,28-29H,4,13-16,18-21H2,1H3,(H,38,42). The Hall–Kier alpha value is -3.32. The molecule has 3 heterocycles. The van der Waals surface area contributed by atoms with Gasteiger partial charge in [0.1, 0.15) is 5.75 Å². The number of carbonyl (C=O) groups excluding carboxylic acids is 2. The predicted molar refractivity (Wildman–Crippen MR) is 172 cm³/mol. The van der Waals surface area contributed by atoms with Crippen molar-refractivity contribution in [3.05, 3.63) is 99.7 Å². The molecule has 2 aliphatic heterocycles. The number of rotatable bonds is 11. The number of hydrogen-bond acceptors (Lipinski definition) is 4. The van der Waals surface area contributed by atoms with Crippen molar-refractivity contribution in [1.29, 1.82) is 0 Å². The third-order valence-electron chi connectivity index (χ3n) is 9.11. The molecule has 4 aromatic rings. The Morgan fingerprint density at radius 2 is 1.67 bits per heavy atom. The van der Waals surface area contributed by atoms with E-state index in [1.54, 1.807) is 19.2 Å². The molecule has 3 aromatic carbocycles. The number of amides is 1. The smallest absolute Gasteiger partial charge is 0.253 e. The van der Waals surface area contributed by atoms with E-state index in [0.29, 0.717) is 46.6 Å². The van der Waals surface area contributed by atoms with Gasteiger partial charge in [-0.25, -0.2) is 0 Å². The molecule has 2 atom stereocenters. The van der Waals surface area contributed by atoms with Gasteiger partial charge in [0.05, 0.1) is 18.2 Å². The van der Waals surface area contributed by atoms with E-state index >= 15 is 0 Å². The number of Topliss-reactive ketones (excluding diaryl/α,β-unsaturated/α-hetero) is 1. The molecule has 8 heteroatoms. The topological polar surface area (TPSA) is 63.6 Å². The number of para-hydroxylation sites is 1. The Labute approximate surface area is 262 Å². The number of piperidine rings is 1. The number of aromatic nitrogens is 1. The minimum atomic E-state index is -0.120. The minimum absolute atomic E-state index is 0.120. The number of nitrogens with one attached hydrogen (secondary N) is 1. The third-order valence-corrected chi connectivity index (χ3v) is 9.59. The first-order valence-corrected chi connectivity index (χ1v) is 15.9. The maximum atomic E-state index is 13.3. The summed E-state index contributed by atoms with van der Waals surface area (Å²) in [6.07, 6.45) is 8.09. The lowest BCUT2D eigenvalue weighted by Crippen LogP contribution is -2.43. The molecule has 6 rings (SSSR count). The molecule has 1 N–H and O–H groups in total. The number of carbonyl (C=O) groups is 2. The van der Waals surface area contributed by atoms with Crippen LogP contribution in [0.5, 0.6) is 5.75 Å². The van der Waals surface area contributed by atoms with E-state index in [-0.39, 0.29) is 11.7 Å². The van der Waals surface area contributed by atoms with Crippen LogP contribution in [0.1, 0.15) is 64.8 Å². The first-order chi connectivity index (χ1) is 20.9. The van der Waals surface area contributed by atoms with Crippen molar-refractivity contribution >= 4 is 45.8 Å². The lowest BCUT2D eigenvalue weighted by Gasteiger charge is -2.39. The Balaban J connectivity index is 1.09. The summed E-state index contributed by atoms with van der Waals surface area (Å²) in [4.78, 5) is 28.9. The SMILES string of the molecule is COc1cccc2c(C(=O)NCc3cccc(Cl)c3)cn(CCCN3C4CCC3CC(CC(=O)c3ccc(Cl)cc3)C4)c12. The average molecular weight is 619 g/mol. The van der Waals surface area contributed by atoms with Gasteiger partial charge in [-0.15, -0.1) is 0 Å². The minimum Gasteiger partial charge on any atom is -0.495 e. The van der Waals surface area contributed by atoms with E-state index < -0.39 is 0 Å². The van der Waals surface area contributed by atoms with Gasteiger partial charge in [-0.2, -0.15) is 0 Å². The Kier molecular flexibility index (Phi) is 9.08. The zero-order valence-electron chi connectivity index (χ0n) is 24.4. The van der Waals surface area contributed by atoms with E-state index in [1.807, 2.05) is 60.8 Å². The van der Waals surface area contributed by atoms with Crippen LogP contribution in [0.15, 0.2) is 72.9 Å². The molecule has 224 valence electrons. The lowest BCUT2D eigenvalue weighted by molar-refractivity contribution is 0.0807. The van der Waals surface area contributed by atoms with Crippen molar-refractivity contribution in [3.8, 4) is 5.75 Å². The number of benzene rings is 3. The highest BCUT2D eigenvalue weighted by Gasteiger charge is 2.40. The number of ketones is 1. The fourth-order valence-electron chi connectivity index (χ4n) is 7.13. The van der Waals surface area contributed by atoms with Crippen molar-refractivity contribution in [3.63, 3.8) is 0 Å². The van der Waals surface area contributed by atoms with Crippen LogP contribution in [-0.2, 0) is 13.1 Å². The van der Waals surface area contributed by atoms with Gasteiger partial charge in [-0.3, -0.25) is 14.5 Å². The highest BCUT2D eigenvalue weighted by Crippen LogP contribution is 2.40. The van der Waals surface area contributed by atoms with E-state index in [9.17, 15) is 9.59 Å². The molecule has 0 spiro atoms. The van der Waals surface area contributed by atoms with Crippen LogP contribution in [0, 0.1) is 5.92 Å². The number of ether oxygens (including phenoxy) is 1. The van der Waals surface area contributed by atoms with Crippen molar-refractivity contribution in [2.45, 2.75) is 63.7 Å². The first kappa shape index (κ1) is 29.7. The van der Waals surface area contributed by atoms with Crippen LogP contribution >= 0.6 is 23.2 Å². The molecule has 1 aromatic heterocycles. The molecule has 2 bridgehead atoms. The summed E-state index contributed by atoms with van der Waals surface area (Å²) >= 11 is 12.1. The molecular weight excluding hydrogens is 581 g/mol. The highest BCUT2D eigenvalue weighted by molar-refractivity contribution is 6.31. The average Bonchev–Trinajstić information content (AvgIpc) is 3.49. The fraction of sp³-hybridized carbons (Fsp3) is 0.371. The van der Waals surface area contributed by atoms with Gasteiger partial charge in [0.2, 0.25) is 0 Å². The molecule has 2 fully saturated rings. The van der Waals surface area contributed by atoms with E-state index in [4.69, 9.17) is 27.9 Å². The maximum absolute atomic E-state index is 13.3. The fourth-order valence-corrected chi connectivity index (χ4v) is 7.47. The quantitative estimate of drug-likeness (QED) is 0.174. The largest absolute Gasteiger partial charge is 0.495 e. The molecule has 2 saturated heterocycles. The van der Waals surface area contributed by atoms with Crippen molar-refractivity contribution in [1.82, 2.24) is 14.8 Å². The number of halogens is 2. The van der Waals surface area contributed by atoms with Crippen LogP contribution in [0.2, 0.25) is 10.0 Å². The van der Waals surface area contributed by atoms with E-state index in [1.165, 1.54) is 12.8 Å². The second-order valence-electron chi connectivity index (χ2n) is 11.9. The number of hydrogen-bond donors (Lipinski definition) is 1. The molecule has 0 saturated carbocycles. The van der Waals surface area contributed by atoms with Gasteiger partial charge in [0.25, 0.3) is 5.91 Å². The summed E-state index contributed by atoms with van der Waals surface area (Å²) in [6, 6.07) is 21.7. The van der Waals surface area contributed by atoms with Crippen molar-refractivity contribution in [2.24, 2.45) is 5.92 Å². The normalized spacial score (nSPS) is 19.9. The lowest BCUT2D eigenvalue weighted by atomic mass is 9.85. The summed E-state index contributed by atoms with van der Waals surface area (Å²) in [5, 5.41) is 5.24. The summed E-state index contributed by atoms with van der Waals surface area (Å²) in [7, 11) is 1.67. The van der Waals surface area contributed by atoms with Crippen LogP contribution in [0.4, 0.5) is 0 Å². The van der Waals surface area contributed by atoms with Crippen molar-refractivity contribution in [2.75, 3.05) is 13.7 Å². The van der Waals surface area contributed by atoms with E-state index in [2.05, 4.69) is 14.8 Å². The zero-order chi connectivity index (χ0) is 29.9. The van der Waals surface area contributed by atoms with Crippen LogP contribution in [-0.4, -0.2) is 46.9 Å². The summed E-state index contributed by atoms with van der Waals surface area (Å²) < 4.78 is 7.88. The maximum Gasteiger partial charge on any atom is 0.253 e. The monoisotopic (exact) mass is 617 g/mol. The summed E-state index contributed by atoms with van der Waals surface area (Å²) in [5.41, 5.74) is 3.29.